The summed E-state index contributed by atoms with van der Waals surface area (Å²) in [6, 6.07) is 7.40. The monoisotopic (exact) mass is 591 g/mol. The van der Waals surface area contributed by atoms with E-state index in [-0.39, 0.29) is 36.7 Å². The lowest BCUT2D eigenvalue weighted by atomic mass is 9.69. The molecule has 2 aromatic rings. The molecule has 0 saturated carbocycles. The van der Waals surface area contributed by atoms with Gasteiger partial charge in [-0.15, -0.1) is 0 Å². The van der Waals surface area contributed by atoms with Gasteiger partial charge in [0.2, 0.25) is 5.91 Å². The predicted octanol–water partition coefficient (Wildman–Crippen LogP) is 8.34. The molecule has 0 spiro atoms. The Hall–Kier alpha value is -4.20. The van der Waals surface area contributed by atoms with E-state index in [2.05, 4.69) is 38.2 Å². The van der Waals surface area contributed by atoms with Crippen molar-refractivity contribution in [3.8, 4) is 0 Å². The molecule has 3 rings (SSSR count). The number of hydrogen-bond acceptors (Lipinski definition) is 6. The number of ether oxygens (including phenoxy) is 2. The first-order valence-corrected chi connectivity index (χ1v) is 14.5. The molecule has 1 amide bonds. The van der Waals surface area contributed by atoms with E-state index in [1.54, 1.807) is 0 Å². The highest BCUT2D eigenvalue weighted by molar-refractivity contribution is 5.92. The van der Waals surface area contributed by atoms with Gasteiger partial charge in [-0.2, -0.15) is 0 Å². The van der Waals surface area contributed by atoms with E-state index < -0.39 is 17.8 Å². The summed E-state index contributed by atoms with van der Waals surface area (Å²) in [5, 5.41) is 2.64. The number of esters is 2. The van der Waals surface area contributed by atoms with Crippen LogP contribution in [0.15, 0.2) is 76.5 Å². The number of hydrogen-bond donors (Lipinski definition) is 1. The number of fused-ring (bicyclic) bond motifs is 1. The molecule has 0 bridgehead atoms. The Morgan fingerprint density at radius 2 is 1.81 bits per heavy atom. The van der Waals surface area contributed by atoms with Crippen LogP contribution in [0.1, 0.15) is 89.7 Å². The summed E-state index contributed by atoms with van der Waals surface area (Å²) in [4.78, 5) is 37.0. The van der Waals surface area contributed by atoms with Gasteiger partial charge in [0, 0.05) is 35.2 Å². The topological polar surface area (TPSA) is 94.8 Å². The number of carbonyl (C=O) groups excluding carboxylic acids is 3. The third-order valence-electron chi connectivity index (χ3n) is 7.28. The third-order valence-corrected chi connectivity index (χ3v) is 7.28. The highest BCUT2D eigenvalue weighted by Crippen LogP contribution is 2.49. The molecule has 43 heavy (non-hydrogen) atoms. The number of carbonyl (C=O) groups is 3. The van der Waals surface area contributed by atoms with Crippen molar-refractivity contribution in [2.45, 2.75) is 79.6 Å². The number of amides is 1. The lowest BCUT2D eigenvalue weighted by molar-refractivity contribution is -0.143. The first kappa shape index (κ1) is 33.3. The minimum atomic E-state index is -0.516. The van der Waals surface area contributed by atoms with Gasteiger partial charge in [0.1, 0.15) is 23.9 Å². The second kappa shape index (κ2) is 15.3. The Morgan fingerprint density at radius 3 is 2.49 bits per heavy atom. The van der Waals surface area contributed by atoms with Crippen LogP contribution in [0, 0.1) is 18.2 Å². The fourth-order valence-electron chi connectivity index (χ4n) is 5.03. The van der Waals surface area contributed by atoms with E-state index in [1.165, 1.54) is 42.2 Å². The highest BCUT2D eigenvalue weighted by atomic mass is 19.1. The second-order valence-corrected chi connectivity index (χ2v) is 11.7. The molecule has 0 unspecified atom stereocenters. The van der Waals surface area contributed by atoms with E-state index >= 15 is 0 Å². The third kappa shape index (κ3) is 10.2. The second-order valence-electron chi connectivity index (χ2n) is 11.7. The highest BCUT2D eigenvalue weighted by Gasteiger charge is 2.38. The fraction of sp³-hybridized carbons (Fsp3) is 0.400. The maximum Gasteiger partial charge on any atom is 0.335 e. The summed E-state index contributed by atoms with van der Waals surface area (Å²) in [7, 11) is 0. The molecule has 1 aliphatic rings. The summed E-state index contributed by atoms with van der Waals surface area (Å²) in [6.45, 7) is 11.9. The van der Waals surface area contributed by atoms with E-state index in [4.69, 9.17) is 13.9 Å². The van der Waals surface area contributed by atoms with E-state index in [9.17, 15) is 18.8 Å². The number of furan rings is 1. The van der Waals surface area contributed by atoms with Gasteiger partial charge in [-0.3, -0.25) is 9.59 Å². The molecule has 2 atom stereocenters. The van der Waals surface area contributed by atoms with Crippen LogP contribution in [-0.4, -0.2) is 24.5 Å². The first-order chi connectivity index (χ1) is 20.4. The van der Waals surface area contributed by atoms with Crippen molar-refractivity contribution in [3.05, 3.63) is 94.9 Å². The van der Waals surface area contributed by atoms with Crippen molar-refractivity contribution in [3.63, 3.8) is 0 Å². The van der Waals surface area contributed by atoms with Crippen LogP contribution in [0.4, 0.5) is 10.1 Å². The SMILES string of the molecule is CC(C)=CCC[C@@]1(C)CC=C(COC(=O)CCC(=O)Nc2ccc(F)cc2)c2oc(C)cc2[C@@H]1/C=C/OC(=O)C=C(C)C. The molecule has 8 heteroatoms. The van der Waals surface area contributed by atoms with Crippen LogP contribution < -0.4 is 5.32 Å². The number of benzene rings is 1. The number of nitrogens with one attached hydrogen (secondary N) is 1. The molecule has 1 aromatic heterocycles. The van der Waals surface area contributed by atoms with Gasteiger partial charge in [-0.05, 0) is 95.7 Å². The van der Waals surface area contributed by atoms with E-state index in [0.29, 0.717) is 23.6 Å². The smallest absolute Gasteiger partial charge is 0.335 e. The average molecular weight is 592 g/mol. The zero-order chi connectivity index (χ0) is 31.6. The summed E-state index contributed by atoms with van der Waals surface area (Å²) < 4.78 is 30.2. The average Bonchev–Trinajstić information content (AvgIpc) is 3.26. The van der Waals surface area contributed by atoms with Gasteiger partial charge >= 0.3 is 11.9 Å². The van der Waals surface area contributed by atoms with Gasteiger partial charge in [0.15, 0.2) is 0 Å². The lowest BCUT2D eigenvalue weighted by Crippen LogP contribution is -2.23. The van der Waals surface area contributed by atoms with Crippen LogP contribution in [-0.2, 0) is 23.9 Å². The van der Waals surface area contributed by atoms with Gasteiger partial charge < -0.3 is 19.2 Å². The van der Waals surface area contributed by atoms with Crippen molar-refractivity contribution < 1.29 is 32.7 Å². The van der Waals surface area contributed by atoms with Crippen molar-refractivity contribution in [1.29, 1.82) is 0 Å². The van der Waals surface area contributed by atoms with Crippen molar-refractivity contribution >= 4 is 29.1 Å². The Kier molecular flexibility index (Phi) is 11.9. The minimum Gasteiger partial charge on any atom is -0.461 e. The van der Waals surface area contributed by atoms with Gasteiger partial charge in [-0.25, -0.2) is 9.18 Å². The van der Waals surface area contributed by atoms with Crippen LogP contribution >= 0.6 is 0 Å². The van der Waals surface area contributed by atoms with Crippen LogP contribution in [0.2, 0.25) is 0 Å². The Morgan fingerprint density at radius 1 is 1.09 bits per heavy atom. The zero-order valence-electron chi connectivity index (χ0n) is 25.9. The molecule has 0 fully saturated rings. The molecule has 0 aliphatic heterocycles. The predicted molar refractivity (Wildman–Crippen MR) is 165 cm³/mol. The molecule has 1 heterocycles. The summed E-state index contributed by atoms with van der Waals surface area (Å²) in [6.07, 6.45) is 11.3. The minimum absolute atomic E-state index is 0.00555. The number of anilines is 1. The summed E-state index contributed by atoms with van der Waals surface area (Å²) in [5.74, 6) is -0.501. The molecule has 0 radical (unpaired) electrons. The van der Waals surface area contributed by atoms with E-state index in [1.807, 2.05) is 32.9 Å². The molecule has 230 valence electrons. The van der Waals surface area contributed by atoms with Crippen molar-refractivity contribution in [2.75, 3.05) is 11.9 Å². The number of aryl methyl sites for hydroxylation is 1. The van der Waals surface area contributed by atoms with Crippen LogP contribution in [0.25, 0.3) is 5.57 Å². The zero-order valence-corrected chi connectivity index (χ0v) is 25.9. The number of halogens is 1. The van der Waals surface area contributed by atoms with Gasteiger partial charge in [0.05, 0.1) is 12.7 Å². The normalized spacial score (nSPS) is 17.7. The van der Waals surface area contributed by atoms with Crippen molar-refractivity contribution in [2.24, 2.45) is 5.41 Å². The standard InChI is InChI=1S/C35H42FNO6/c1-23(2)8-7-17-35(6)18-15-26(22-42-32(39)14-13-31(38)37-28-11-9-27(36)10-12-28)34-29(21-25(5)43-34)30(35)16-19-41-33(40)20-24(3)4/h8-12,15-16,19-21,30H,7,13-14,17-18,22H2,1-6H3,(H,37,38)/b19-16+/t30-,35-/m0/s1. The van der Waals surface area contributed by atoms with E-state index in [0.717, 1.165) is 29.6 Å². The fourth-order valence-corrected chi connectivity index (χ4v) is 5.03. The van der Waals surface area contributed by atoms with Crippen LogP contribution in [0.3, 0.4) is 0 Å². The molecular formula is C35H42FNO6. The maximum atomic E-state index is 13.1. The van der Waals surface area contributed by atoms with Gasteiger partial charge in [0.25, 0.3) is 0 Å². The molecule has 1 N–H and O–H groups in total. The number of allylic oxidation sites excluding steroid dienone is 5. The molecule has 0 saturated heterocycles. The largest absolute Gasteiger partial charge is 0.461 e. The van der Waals surface area contributed by atoms with Crippen LogP contribution in [0.5, 0.6) is 0 Å². The van der Waals surface area contributed by atoms with Crippen molar-refractivity contribution in [1.82, 2.24) is 0 Å². The Labute approximate surface area is 253 Å². The summed E-state index contributed by atoms with van der Waals surface area (Å²) in [5.41, 5.74) is 3.98. The molecule has 1 aliphatic carbocycles. The Balaban J connectivity index is 1.75. The maximum absolute atomic E-state index is 13.1. The number of rotatable bonds is 12. The molecule has 7 nitrogen and oxygen atoms in total. The van der Waals surface area contributed by atoms with Gasteiger partial charge in [-0.1, -0.05) is 30.2 Å². The lowest BCUT2D eigenvalue weighted by Gasteiger charge is -2.34. The summed E-state index contributed by atoms with van der Waals surface area (Å²) >= 11 is 0. The molecule has 1 aromatic carbocycles. The quantitative estimate of drug-likeness (QED) is 0.115. The first-order valence-electron chi connectivity index (χ1n) is 14.5. The Bertz CT molecular complexity index is 1420. The molecular weight excluding hydrogens is 549 g/mol.